The Morgan fingerprint density at radius 1 is 1.28 bits per heavy atom. The first-order valence-corrected chi connectivity index (χ1v) is 8.62. The first-order chi connectivity index (χ1) is 12.3. The van der Waals surface area contributed by atoms with Crippen molar-refractivity contribution in [3.63, 3.8) is 0 Å². The van der Waals surface area contributed by atoms with Gasteiger partial charge in [-0.1, -0.05) is 49.1 Å². The van der Waals surface area contributed by atoms with Crippen LogP contribution in [0.1, 0.15) is 31.2 Å². The van der Waals surface area contributed by atoms with Crippen LogP contribution in [0.25, 0.3) is 16.7 Å². The molecule has 2 aliphatic rings. The molecular formula is C22H20N2O. The largest absolute Gasteiger partial charge is 0.436 e. The second kappa shape index (κ2) is 6.52. The van der Waals surface area contributed by atoms with Crippen molar-refractivity contribution >= 4 is 28.1 Å². The fourth-order valence-corrected chi connectivity index (χ4v) is 3.23. The zero-order valence-electron chi connectivity index (χ0n) is 14.3. The molecule has 0 amide bonds. The van der Waals surface area contributed by atoms with Crippen LogP contribution < -0.4 is 0 Å². The summed E-state index contributed by atoms with van der Waals surface area (Å²) < 4.78 is 6.00. The fraction of sp³-hybridized carbons (Fsp3) is 0.182. The summed E-state index contributed by atoms with van der Waals surface area (Å²) in [5.41, 5.74) is 7.06. The number of benzene rings is 1. The highest BCUT2D eigenvalue weighted by Gasteiger charge is 2.20. The maximum atomic E-state index is 6.00. The number of rotatable bonds is 4. The van der Waals surface area contributed by atoms with Crippen LogP contribution in [0.2, 0.25) is 0 Å². The van der Waals surface area contributed by atoms with E-state index in [4.69, 9.17) is 9.41 Å². The Hall–Kier alpha value is -2.94. The van der Waals surface area contributed by atoms with E-state index in [9.17, 15) is 0 Å². The maximum Gasteiger partial charge on any atom is 0.226 e. The van der Waals surface area contributed by atoms with Gasteiger partial charge < -0.3 is 4.42 Å². The van der Waals surface area contributed by atoms with Crippen LogP contribution in [0, 0.1) is 0 Å². The van der Waals surface area contributed by atoms with Gasteiger partial charge in [-0.2, -0.15) is 0 Å². The van der Waals surface area contributed by atoms with Crippen LogP contribution >= 0.6 is 0 Å². The second-order valence-electron chi connectivity index (χ2n) is 6.20. The van der Waals surface area contributed by atoms with Crippen molar-refractivity contribution in [1.82, 2.24) is 4.98 Å². The summed E-state index contributed by atoms with van der Waals surface area (Å²) in [5.74, 6) is 0.694. The van der Waals surface area contributed by atoms with Gasteiger partial charge in [0, 0.05) is 12.0 Å². The van der Waals surface area contributed by atoms with Crippen molar-refractivity contribution < 1.29 is 4.42 Å². The van der Waals surface area contributed by atoms with Crippen LogP contribution in [0.5, 0.6) is 0 Å². The predicted molar refractivity (Wildman–Crippen MR) is 104 cm³/mol. The molecule has 0 atom stereocenters. The molecule has 0 N–H and O–H groups in total. The number of hydrogen-bond donors (Lipinski definition) is 0. The molecule has 0 unspecified atom stereocenters. The van der Waals surface area contributed by atoms with E-state index in [1.807, 2.05) is 25.1 Å². The monoisotopic (exact) mass is 328 g/mol. The van der Waals surface area contributed by atoms with Gasteiger partial charge in [-0.3, -0.25) is 4.99 Å². The highest BCUT2D eigenvalue weighted by molar-refractivity contribution is 6.09. The lowest BCUT2D eigenvalue weighted by molar-refractivity contribution is 0.585. The minimum Gasteiger partial charge on any atom is -0.436 e. The molecule has 1 aliphatic heterocycles. The van der Waals surface area contributed by atoms with Crippen molar-refractivity contribution in [2.75, 3.05) is 0 Å². The molecule has 124 valence electrons. The summed E-state index contributed by atoms with van der Waals surface area (Å²) in [5, 5.41) is 0. The lowest BCUT2D eigenvalue weighted by Crippen LogP contribution is -2.00. The SMILES string of the molecule is C=C/C=C(\C=C/C)C1=Nc2cc3nc(C4=CCCC=C4)oc3cc2C1. The Morgan fingerprint density at radius 2 is 2.20 bits per heavy atom. The second-order valence-corrected chi connectivity index (χ2v) is 6.20. The van der Waals surface area contributed by atoms with Crippen LogP contribution in [-0.4, -0.2) is 10.7 Å². The molecule has 1 aliphatic carbocycles. The van der Waals surface area contributed by atoms with Gasteiger partial charge in [0.15, 0.2) is 5.58 Å². The average Bonchev–Trinajstić information content (AvgIpc) is 3.23. The van der Waals surface area contributed by atoms with Crippen molar-refractivity contribution in [3.8, 4) is 0 Å². The smallest absolute Gasteiger partial charge is 0.226 e. The third-order valence-corrected chi connectivity index (χ3v) is 4.42. The Labute approximate surface area is 147 Å². The van der Waals surface area contributed by atoms with Crippen molar-refractivity contribution in [3.05, 3.63) is 78.3 Å². The van der Waals surface area contributed by atoms with E-state index in [1.54, 1.807) is 6.08 Å². The van der Waals surface area contributed by atoms with Gasteiger partial charge in [-0.15, -0.1) is 0 Å². The molecule has 0 fully saturated rings. The Kier molecular flexibility index (Phi) is 4.06. The van der Waals surface area contributed by atoms with E-state index in [2.05, 4.69) is 41.9 Å². The fourth-order valence-electron chi connectivity index (χ4n) is 3.23. The predicted octanol–water partition coefficient (Wildman–Crippen LogP) is 5.88. The third kappa shape index (κ3) is 2.93. The van der Waals surface area contributed by atoms with Gasteiger partial charge in [0.05, 0.1) is 11.4 Å². The van der Waals surface area contributed by atoms with E-state index in [1.165, 1.54) is 5.56 Å². The normalized spacial score (nSPS) is 17.1. The molecule has 0 spiro atoms. The first kappa shape index (κ1) is 15.6. The molecule has 3 nitrogen and oxygen atoms in total. The Bertz CT molecular complexity index is 996. The highest BCUT2D eigenvalue weighted by atomic mass is 16.3. The van der Waals surface area contributed by atoms with Crippen molar-refractivity contribution in [1.29, 1.82) is 0 Å². The zero-order valence-corrected chi connectivity index (χ0v) is 14.3. The van der Waals surface area contributed by atoms with Crippen molar-refractivity contribution in [2.45, 2.75) is 26.2 Å². The first-order valence-electron chi connectivity index (χ1n) is 8.62. The molecule has 0 saturated heterocycles. The van der Waals surface area contributed by atoms with Crippen LogP contribution in [0.3, 0.4) is 0 Å². The molecule has 4 rings (SSSR count). The highest BCUT2D eigenvalue weighted by Crippen LogP contribution is 2.34. The van der Waals surface area contributed by atoms with Gasteiger partial charge in [-0.25, -0.2) is 4.98 Å². The molecule has 1 aromatic carbocycles. The third-order valence-electron chi connectivity index (χ3n) is 4.42. The molecule has 2 aromatic rings. The lowest BCUT2D eigenvalue weighted by Gasteiger charge is -2.01. The quantitative estimate of drug-likeness (QED) is 0.657. The summed E-state index contributed by atoms with van der Waals surface area (Å²) in [4.78, 5) is 9.46. The van der Waals surface area contributed by atoms with Gasteiger partial charge in [0.2, 0.25) is 5.89 Å². The summed E-state index contributed by atoms with van der Waals surface area (Å²) in [7, 11) is 0. The zero-order chi connectivity index (χ0) is 17.2. The minimum atomic E-state index is 0.694. The minimum absolute atomic E-state index is 0.694. The topological polar surface area (TPSA) is 38.4 Å². The van der Waals surface area contributed by atoms with E-state index < -0.39 is 0 Å². The molecule has 0 bridgehead atoms. The molecular weight excluding hydrogens is 308 g/mol. The molecule has 3 heteroatoms. The molecule has 0 saturated carbocycles. The lowest BCUT2D eigenvalue weighted by atomic mass is 10.0. The number of fused-ring (bicyclic) bond motifs is 2. The Morgan fingerprint density at radius 3 is 2.96 bits per heavy atom. The van der Waals surface area contributed by atoms with E-state index >= 15 is 0 Å². The standard InChI is InChI=1S/C22H20N2O/c1-3-8-15(9-4-2)18-12-17-13-21-20(14-19(17)23-18)24-22(25-21)16-10-6-5-7-11-16/h3-4,6,8-11,13-14H,1,5,7,12H2,2H3/b9-4-,15-8+. The average molecular weight is 328 g/mol. The number of allylic oxidation sites excluding steroid dienone is 9. The number of aliphatic imine (C=N–C) groups is 1. The summed E-state index contributed by atoms with van der Waals surface area (Å²) >= 11 is 0. The summed E-state index contributed by atoms with van der Waals surface area (Å²) in [6.07, 6.45) is 17.2. The summed E-state index contributed by atoms with van der Waals surface area (Å²) in [6.45, 7) is 5.80. The molecule has 25 heavy (non-hydrogen) atoms. The number of oxazole rings is 1. The van der Waals surface area contributed by atoms with Gasteiger partial charge in [0.1, 0.15) is 5.52 Å². The van der Waals surface area contributed by atoms with E-state index in [-0.39, 0.29) is 0 Å². The van der Waals surface area contributed by atoms with Gasteiger partial charge in [0.25, 0.3) is 0 Å². The molecule has 2 heterocycles. The summed E-state index contributed by atoms with van der Waals surface area (Å²) in [6, 6.07) is 4.10. The van der Waals surface area contributed by atoms with Gasteiger partial charge >= 0.3 is 0 Å². The van der Waals surface area contributed by atoms with Crippen LogP contribution in [-0.2, 0) is 6.42 Å². The van der Waals surface area contributed by atoms with Crippen molar-refractivity contribution in [2.24, 2.45) is 4.99 Å². The van der Waals surface area contributed by atoms with Gasteiger partial charge in [-0.05, 0) is 43.0 Å². The van der Waals surface area contributed by atoms with E-state index in [0.29, 0.717) is 5.89 Å². The molecule has 0 radical (unpaired) electrons. The Balaban J connectivity index is 1.72. The number of nitrogens with zero attached hydrogens (tertiary/aromatic N) is 2. The van der Waals surface area contributed by atoms with E-state index in [0.717, 1.165) is 52.9 Å². The number of aromatic nitrogens is 1. The van der Waals surface area contributed by atoms with Crippen LogP contribution in [0.4, 0.5) is 5.69 Å². The maximum absolute atomic E-state index is 6.00. The number of hydrogen-bond acceptors (Lipinski definition) is 3. The molecule has 1 aromatic heterocycles. The van der Waals surface area contributed by atoms with Crippen LogP contribution in [0.15, 0.2) is 76.2 Å².